The summed E-state index contributed by atoms with van der Waals surface area (Å²) in [5.41, 5.74) is 4.07. The zero-order chi connectivity index (χ0) is 14.5. The van der Waals surface area contributed by atoms with Crippen molar-refractivity contribution in [2.24, 2.45) is 5.10 Å². The third-order valence-electron chi connectivity index (χ3n) is 2.80. The van der Waals surface area contributed by atoms with Crippen LogP contribution < -0.4 is 10.2 Å². The molecule has 1 aromatic carbocycles. The van der Waals surface area contributed by atoms with Crippen molar-refractivity contribution < 1.29 is 13.9 Å². The maximum atomic E-state index is 11.8. The van der Waals surface area contributed by atoms with Gasteiger partial charge in [-0.3, -0.25) is 4.79 Å². The number of rotatable bonds is 4. The fourth-order valence-electron chi connectivity index (χ4n) is 1.64. The highest BCUT2D eigenvalue weighted by atomic mass is 16.5. The Kier molecular flexibility index (Phi) is 4.20. The van der Waals surface area contributed by atoms with Crippen LogP contribution in [0.3, 0.4) is 0 Å². The average Bonchev–Trinajstić information content (AvgIpc) is 2.91. The van der Waals surface area contributed by atoms with Crippen LogP contribution in [0.2, 0.25) is 0 Å². The second kappa shape index (κ2) is 6.06. The van der Waals surface area contributed by atoms with Gasteiger partial charge in [-0.2, -0.15) is 5.10 Å². The second-order valence-electron chi connectivity index (χ2n) is 4.28. The van der Waals surface area contributed by atoms with Crippen LogP contribution >= 0.6 is 0 Å². The summed E-state index contributed by atoms with van der Waals surface area (Å²) in [6.45, 7) is 3.60. The first-order chi connectivity index (χ1) is 9.60. The number of carbonyl (C=O) groups excluding carboxylic acids is 1. The Morgan fingerprint density at radius 2 is 1.90 bits per heavy atom. The molecule has 0 aliphatic carbocycles. The lowest BCUT2D eigenvalue weighted by molar-refractivity contribution is 0.0926. The summed E-state index contributed by atoms with van der Waals surface area (Å²) in [7, 11) is 1.61. The molecule has 2 rings (SSSR count). The number of ether oxygens (including phenoxy) is 1. The van der Waals surface area contributed by atoms with Gasteiger partial charge in [-0.15, -0.1) is 0 Å². The van der Waals surface area contributed by atoms with Crippen LogP contribution in [0.5, 0.6) is 5.75 Å². The van der Waals surface area contributed by atoms with Gasteiger partial charge >= 0.3 is 5.91 Å². The summed E-state index contributed by atoms with van der Waals surface area (Å²) in [5, 5.41) is 4.05. The van der Waals surface area contributed by atoms with Gasteiger partial charge in [-0.25, -0.2) is 5.43 Å². The van der Waals surface area contributed by atoms with E-state index in [2.05, 4.69) is 10.5 Å². The molecule has 1 aromatic heterocycles. The predicted octanol–water partition coefficient (Wildman–Crippen LogP) is 2.75. The van der Waals surface area contributed by atoms with Crippen molar-refractivity contribution in [2.75, 3.05) is 7.11 Å². The van der Waals surface area contributed by atoms with Gasteiger partial charge in [-0.05, 0) is 55.8 Å². The molecule has 104 valence electrons. The molecule has 1 heterocycles. The lowest BCUT2D eigenvalue weighted by Crippen LogP contribution is -2.18. The molecule has 0 fully saturated rings. The van der Waals surface area contributed by atoms with E-state index in [-0.39, 0.29) is 11.7 Å². The van der Waals surface area contributed by atoms with Crippen LogP contribution in [0.25, 0.3) is 0 Å². The molecule has 0 bridgehead atoms. The van der Waals surface area contributed by atoms with Crippen molar-refractivity contribution >= 4 is 11.6 Å². The monoisotopic (exact) mass is 272 g/mol. The molecule has 5 heteroatoms. The Hall–Kier alpha value is -2.56. The predicted molar refractivity (Wildman–Crippen MR) is 76.1 cm³/mol. The Morgan fingerprint density at radius 1 is 1.20 bits per heavy atom. The minimum Gasteiger partial charge on any atom is -0.497 e. The number of benzene rings is 1. The summed E-state index contributed by atoms with van der Waals surface area (Å²) >= 11 is 0. The molecule has 0 aliphatic heterocycles. The Labute approximate surface area is 117 Å². The molecule has 0 saturated carbocycles. The molecule has 0 aliphatic rings. The molecule has 0 unspecified atom stereocenters. The van der Waals surface area contributed by atoms with Gasteiger partial charge in [0.05, 0.1) is 12.8 Å². The fraction of sp³-hybridized carbons (Fsp3) is 0.200. The third-order valence-corrected chi connectivity index (χ3v) is 2.80. The molecule has 2 aromatic rings. The molecule has 1 amide bonds. The van der Waals surface area contributed by atoms with E-state index in [1.807, 2.05) is 31.2 Å². The van der Waals surface area contributed by atoms with Crippen LogP contribution in [0.15, 0.2) is 45.9 Å². The summed E-state index contributed by atoms with van der Waals surface area (Å²) in [6.07, 6.45) is 0. The number of nitrogens with zero attached hydrogens (tertiary/aromatic N) is 1. The van der Waals surface area contributed by atoms with Crippen LogP contribution in [-0.2, 0) is 0 Å². The zero-order valence-corrected chi connectivity index (χ0v) is 11.6. The fourth-order valence-corrected chi connectivity index (χ4v) is 1.64. The molecular formula is C15H16N2O3. The zero-order valence-electron chi connectivity index (χ0n) is 11.6. The first kappa shape index (κ1) is 13.9. The van der Waals surface area contributed by atoms with E-state index in [4.69, 9.17) is 9.15 Å². The Balaban J connectivity index is 2.04. The summed E-state index contributed by atoms with van der Waals surface area (Å²) in [4.78, 5) is 11.8. The average molecular weight is 272 g/mol. The maximum absolute atomic E-state index is 11.8. The van der Waals surface area contributed by atoms with Crippen LogP contribution in [0, 0.1) is 6.92 Å². The second-order valence-corrected chi connectivity index (χ2v) is 4.28. The Bertz CT molecular complexity index is 627. The molecule has 1 N–H and O–H groups in total. The van der Waals surface area contributed by atoms with Crippen LogP contribution in [0.1, 0.15) is 28.8 Å². The molecule has 5 nitrogen and oxygen atoms in total. The van der Waals surface area contributed by atoms with Crippen molar-refractivity contribution in [1.82, 2.24) is 5.43 Å². The number of hydrazone groups is 1. The number of nitrogens with one attached hydrogen (secondary N) is 1. The van der Waals surface area contributed by atoms with Crippen molar-refractivity contribution in [3.05, 3.63) is 53.5 Å². The van der Waals surface area contributed by atoms with E-state index in [0.717, 1.165) is 11.3 Å². The van der Waals surface area contributed by atoms with Crippen molar-refractivity contribution in [1.29, 1.82) is 0 Å². The highest BCUT2D eigenvalue weighted by Gasteiger charge is 2.09. The van der Waals surface area contributed by atoms with Gasteiger partial charge in [0.15, 0.2) is 5.76 Å². The van der Waals surface area contributed by atoms with Gasteiger partial charge in [-0.1, -0.05) is 0 Å². The lowest BCUT2D eigenvalue weighted by Gasteiger charge is -2.03. The largest absolute Gasteiger partial charge is 0.497 e. The first-order valence-corrected chi connectivity index (χ1v) is 6.15. The molecule has 20 heavy (non-hydrogen) atoms. The van der Waals surface area contributed by atoms with Crippen molar-refractivity contribution in [2.45, 2.75) is 13.8 Å². The van der Waals surface area contributed by atoms with Gasteiger partial charge < -0.3 is 9.15 Å². The number of carbonyl (C=O) groups is 1. The van der Waals surface area contributed by atoms with Gasteiger partial charge in [0.1, 0.15) is 11.5 Å². The number of furan rings is 1. The molecule has 0 radical (unpaired) electrons. The van der Waals surface area contributed by atoms with Crippen molar-refractivity contribution in [3.63, 3.8) is 0 Å². The standard InChI is InChI=1S/C15H16N2O3/c1-10-4-9-14(20-10)15(18)17-16-11(2)12-5-7-13(19-3)8-6-12/h4-9H,1-3H3,(H,17,18)/b16-11-. The summed E-state index contributed by atoms with van der Waals surface area (Å²) < 4.78 is 10.3. The number of aryl methyl sites for hydroxylation is 1. The molecule has 0 atom stereocenters. The van der Waals surface area contributed by atoms with E-state index >= 15 is 0 Å². The van der Waals surface area contributed by atoms with Crippen molar-refractivity contribution in [3.8, 4) is 5.75 Å². The van der Waals surface area contributed by atoms with E-state index in [1.165, 1.54) is 0 Å². The van der Waals surface area contributed by atoms with Gasteiger partial charge in [0, 0.05) is 0 Å². The summed E-state index contributed by atoms with van der Waals surface area (Å²) in [5.74, 6) is 1.34. The third kappa shape index (κ3) is 3.26. The van der Waals surface area contributed by atoms with E-state index in [1.54, 1.807) is 26.2 Å². The topological polar surface area (TPSA) is 63.8 Å². The molecule has 0 spiro atoms. The first-order valence-electron chi connectivity index (χ1n) is 6.15. The highest BCUT2D eigenvalue weighted by molar-refractivity contribution is 6.00. The highest BCUT2D eigenvalue weighted by Crippen LogP contribution is 2.12. The van der Waals surface area contributed by atoms with Gasteiger partial charge in [0.2, 0.25) is 0 Å². The molecular weight excluding hydrogens is 256 g/mol. The summed E-state index contributed by atoms with van der Waals surface area (Å²) in [6, 6.07) is 10.8. The van der Waals surface area contributed by atoms with Crippen LogP contribution in [0.4, 0.5) is 0 Å². The number of methoxy groups -OCH3 is 1. The van der Waals surface area contributed by atoms with E-state index in [9.17, 15) is 4.79 Å². The number of hydrogen-bond acceptors (Lipinski definition) is 4. The lowest BCUT2D eigenvalue weighted by atomic mass is 10.1. The minimum atomic E-state index is -0.369. The Morgan fingerprint density at radius 3 is 2.45 bits per heavy atom. The van der Waals surface area contributed by atoms with E-state index in [0.29, 0.717) is 11.5 Å². The molecule has 0 saturated heterocycles. The number of amides is 1. The SMILES string of the molecule is COc1ccc(/C(C)=N\NC(=O)c2ccc(C)o2)cc1. The maximum Gasteiger partial charge on any atom is 0.307 e. The smallest absolute Gasteiger partial charge is 0.307 e. The van der Waals surface area contributed by atoms with E-state index < -0.39 is 0 Å². The number of hydrogen-bond donors (Lipinski definition) is 1. The quantitative estimate of drug-likeness (QED) is 0.687. The van der Waals surface area contributed by atoms with Gasteiger partial charge in [0.25, 0.3) is 0 Å². The minimum absolute atomic E-state index is 0.244. The van der Waals surface area contributed by atoms with Crippen LogP contribution in [-0.4, -0.2) is 18.7 Å². The normalized spacial score (nSPS) is 11.2.